The predicted molar refractivity (Wildman–Crippen MR) is 58.8 cm³/mol. The molecule has 5 nitrogen and oxygen atoms in total. The van der Waals surface area contributed by atoms with Gasteiger partial charge in [-0.3, -0.25) is 0 Å². The molecule has 2 N–H and O–H groups in total. The summed E-state index contributed by atoms with van der Waals surface area (Å²) in [5.41, 5.74) is 0.852. The fourth-order valence-electron chi connectivity index (χ4n) is 1.27. The fraction of sp³-hybridized carbons (Fsp3) is 0.364. The molecule has 0 saturated heterocycles. The summed E-state index contributed by atoms with van der Waals surface area (Å²) in [6.45, 7) is 3.64. The molecule has 0 bridgehead atoms. The molecule has 0 aromatic carbocycles. The van der Waals surface area contributed by atoms with Gasteiger partial charge in [-0.2, -0.15) is 5.26 Å². The number of carboxylic acid groups (broad SMARTS) is 1. The first-order valence-corrected chi connectivity index (χ1v) is 4.90. The summed E-state index contributed by atoms with van der Waals surface area (Å²) >= 11 is 0. The van der Waals surface area contributed by atoms with E-state index in [2.05, 4.69) is 10.3 Å². The molecular formula is C11H13N3O2. The lowest BCUT2D eigenvalue weighted by molar-refractivity contribution is -0.138. The highest BCUT2D eigenvalue weighted by Crippen LogP contribution is 2.13. The molecular weight excluding hydrogens is 206 g/mol. The van der Waals surface area contributed by atoms with Crippen LogP contribution >= 0.6 is 0 Å². The zero-order valence-electron chi connectivity index (χ0n) is 9.14. The van der Waals surface area contributed by atoms with E-state index in [0.717, 1.165) is 0 Å². The minimum Gasteiger partial charge on any atom is -0.480 e. The Bertz CT molecular complexity index is 423. The summed E-state index contributed by atoms with van der Waals surface area (Å²) in [5, 5.41) is 20.5. The molecule has 0 aliphatic carbocycles. The van der Waals surface area contributed by atoms with Crippen molar-refractivity contribution >= 4 is 11.7 Å². The molecule has 0 spiro atoms. The van der Waals surface area contributed by atoms with Crippen LogP contribution in [0.2, 0.25) is 0 Å². The zero-order chi connectivity index (χ0) is 12.1. The third kappa shape index (κ3) is 2.95. The number of nitrogens with zero attached hydrogens (tertiary/aromatic N) is 2. The van der Waals surface area contributed by atoms with Crippen molar-refractivity contribution in [3.8, 4) is 6.07 Å². The first-order chi connectivity index (χ1) is 7.54. The average molecular weight is 219 g/mol. The van der Waals surface area contributed by atoms with E-state index < -0.39 is 12.0 Å². The van der Waals surface area contributed by atoms with Crippen molar-refractivity contribution in [2.45, 2.75) is 19.9 Å². The van der Waals surface area contributed by atoms with Gasteiger partial charge in [-0.25, -0.2) is 9.78 Å². The van der Waals surface area contributed by atoms with Crippen molar-refractivity contribution in [3.63, 3.8) is 0 Å². The van der Waals surface area contributed by atoms with Gasteiger partial charge in [-0.1, -0.05) is 13.8 Å². The maximum absolute atomic E-state index is 11.0. The van der Waals surface area contributed by atoms with E-state index in [0.29, 0.717) is 5.69 Å². The second-order valence-electron chi connectivity index (χ2n) is 3.75. The molecule has 1 atom stereocenters. The quantitative estimate of drug-likeness (QED) is 0.800. The molecule has 84 valence electrons. The van der Waals surface area contributed by atoms with Crippen LogP contribution in [0.4, 0.5) is 5.69 Å². The van der Waals surface area contributed by atoms with E-state index in [4.69, 9.17) is 10.4 Å². The van der Waals surface area contributed by atoms with E-state index in [-0.39, 0.29) is 11.6 Å². The van der Waals surface area contributed by atoms with Crippen LogP contribution in [0.25, 0.3) is 0 Å². The Morgan fingerprint density at radius 1 is 1.62 bits per heavy atom. The van der Waals surface area contributed by atoms with Crippen molar-refractivity contribution in [2.24, 2.45) is 5.92 Å². The minimum absolute atomic E-state index is 0.0452. The van der Waals surface area contributed by atoms with Crippen LogP contribution < -0.4 is 5.32 Å². The molecule has 1 heterocycles. The van der Waals surface area contributed by atoms with Gasteiger partial charge in [0.1, 0.15) is 17.8 Å². The Morgan fingerprint density at radius 3 is 2.81 bits per heavy atom. The Hall–Kier alpha value is -2.09. The minimum atomic E-state index is -0.912. The highest BCUT2D eigenvalue weighted by molar-refractivity contribution is 5.77. The lowest BCUT2D eigenvalue weighted by Gasteiger charge is -2.18. The van der Waals surface area contributed by atoms with Crippen LogP contribution in [0, 0.1) is 17.2 Å². The van der Waals surface area contributed by atoms with Crippen molar-refractivity contribution < 1.29 is 9.90 Å². The van der Waals surface area contributed by atoms with Gasteiger partial charge in [0.05, 0.1) is 0 Å². The van der Waals surface area contributed by atoms with Crippen molar-refractivity contribution in [1.82, 2.24) is 4.98 Å². The van der Waals surface area contributed by atoms with Crippen LogP contribution in [0.15, 0.2) is 18.3 Å². The summed E-state index contributed by atoms with van der Waals surface area (Å²) < 4.78 is 0. The largest absolute Gasteiger partial charge is 0.480 e. The van der Waals surface area contributed by atoms with Gasteiger partial charge in [0, 0.05) is 11.9 Å². The Kier molecular flexibility index (Phi) is 3.84. The van der Waals surface area contributed by atoms with Gasteiger partial charge < -0.3 is 10.4 Å². The standard InChI is InChI=1S/C11H13N3O2/c1-7(2)10(11(15)16)14-8-3-4-13-9(5-8)6-12/h3-5,7,10H,1-2H3,(H,13,14)(H,15,16). The highest BCUT2D eigenvalue weighted by atomic mass is 16.4. The van der Waals surface area contributed by atoms with Crippen molar-refractivity contribution in [1.29, 1.82) is 5.26 Å². The molecule has 5 heteroatoms. The lowest BCUT2D eigenvalue weighted by atomic mass is 10.0. The SMILES string of the molecule is CC(C)C(Nc1ccnc(C#N)c1)C(=O)O. The summed E-state index contributed by atoms with van der Waals surface area (Å²) in [6.07, 6.45) is 1.47. The average Bonchev–Trinajstić information content (AvgIpc) is 2.25. The Morgan fingerprint density at radius 2 is 2.31 bits per heavy atom. The van der Waals surface area contributed by atoms with Gasteiger partial charge in [0.2, 0.25) is 0 Å². The lowest BCUT2D eigenvalue weighted by Crippen LogP contribution is -2.34. The van der Waals surface area contributed by atoms with Crippen LogP contribution in [0.3, 0.4) is 0 Å². The van der Waals surface area contributed by atoms with Gasteiger partial charge in [0.25, 0.3) is 0 Å². The first-order valence-electron chi connectivity index (χ1n) is 4.90. The Balaban J connectivity index is 2.86. The number of anilines is 1. The fourth-order valence-corrected chi connectivity index (χ4v) is 1.27. The number of nitriles is 1. The molecule has 1 rings (SSSR count). The summed E-state index contributed by atoms with van der Waals surface area (Å²) in [6, 6.07) is 4.39. The molecule has 1 aromatic rings. The highest BCUT2D eigenvalue weighted by Gasteiger charge is 2.20. The molecule has 0 fully saturated rings. The first kappa shape index (κ1) is 12.0. The van der Waals surface area contributed by atoms with Crippen LogP contribution in [0.1, 0.15) is 19.5 Å². The predicted octanol–water partition coefficient (Wildman–Crippen LogP) is 1.47. The summed E-state index contributed by atoms with van der Waals surface area (Å²) in [7, 11) is 0. The van der Waals surface area contributed by atoms with Gasteiger partial charge >= 0.3 is 5.97 Å². The molecule has 0 aliphatic rings. The molecule has 0 aliphatic heterocycles. The normalized spacial score (nSPS) is 11.9. The third-order valence-corrected chi connectivity index (χ3v) is 2.13. The van der Waals surface area contributed by atoms with E-state index in [1.807, 2.05) is 19.9 Å². The molecule has 1 aromatic heterocycles. The number of carboxylic acids is 1. The van der Waals surface area contributed by atoms with Crippen LogP contribution in [-0.2, 0) is 4.79 Å². The van der Waals surface area contributed by atoms with Crippen LogP contribution in [-0.4, -0.2) is 22.1 Å². The number of aromatic nitrogens is 1. The number of rotatable bonds is 4. The zero-order valence-corrected chi connectivity index (χ0v) is 9.14. The maximum atomic E-state index is 11.0. The van der Waals surface area contributed by atoms with Crippen LogP contribution in [0.5, 0.6) is 0 Å². The molecule has 0 amide bonds. The van der Waals surface area contributed by atoms with E-state index >= 15 is 0 Å². The Labute approximate surface area is 93.7 Å². The maximum Gasteiger partial charge on any atom is 0.326 e. The summed E-state index contributed by atoms with van der Waals surface area (Å²) in [5.74, 6) is -0.957. The number of hydrogen-bond donors (Lipinski definition) is 2. The number of hydrogen-bond acceptors (Lipinski definition) is 4. The van der Waals surface area contributed by atoms with E-state index in [1.165, 1.54) is 12.3 Å². The van der Waals surface area contributed by atoms with E-state index in [9.17, 15) is 4.79 Å². The number of pyridine rings is 1. The number of aliphatic carboxylic acids is 1. The van der Waals surface area contributed by atoms with Gasteiger partial charge in [-0.15, -0.1) is 0 Å². The number of nitrogens with one attached hydrogen (secondary N) is 1. The molecule has 1 unspecified atom stereocenters. The van der Waals surface area contributed by atoms with Crippen molar-refractivity contribution in [2.75, 3.05) is 5.32 Å². The third-order valence-electron chi connectivity index (χ3n) is 2.13. The summed E-state index contributed by atoms with van der Waals surface area (Å²) in [4.78, 5) is 14.8. The second-order valence-corrected chi connectivity index (χ2v) is 3.75. The molecule has 0 saturated carbocycles. The monoisotopic (exact) mass is 219 g/mol. The van der Waals surface area contributed by atoms with E-state index in [1.54, 1.807) is 6.07 Å². The second kappa shape index (κ2) is 5.12. The van der Waals surface area contributed by atoms with Gasteiger partial charge in [0.15, 0.2) is 0 Å². The molecule has 16 heavy (non-hydrogen) atoms. The smallest absolute Gasteiger partial charge is 0.326 e. The van der Waals surface area contributed by atoms with Gasteiger partial charge in [-0.05, 0) is 18.1 Å². The topological polar surface area (TPSA) is 86.0 Å². The number of carbonyl (C=O) groups is 1. The molecule has 0 radical (unpaired) electrons. The van der Waals surface area contributed by atoms with Crippen molar-refractivity contribution in [3.05, 3.63) is 24.0 Å².